The highest BCUT2D eigenvalue weighted by Gasteiger charge is 2.47. The van der Waals surface area contributed by atoms with E-state index >= 15 is 0 Å². The second-order valence-electron chi connectivity index (χ2n) is 10.3. The highest BCUT2D eigenvalue weighted by atomic mass is 16.5. The van der Waals surface area contributed by atoms with Crippen molar-refractivity contribution in [3.8, 4) is 0 Å². The first-order valence-corrected chi connectivity index (χ1v) is 12.2. The van der Waals surface area contributed by atoms with Crippen LogP contribution in [-0.4, -0.2) is 47.3 Å². The van der Waals surface area contributed by atoms with Gasteiger partial charge >= 0.3 is 5.97 Å². The largest absolute Gasteiger partial charge is 0.454 e. The molecule has 7 nitrogen and oxygen atoms in total. The van der Waals surface area contributed by atoms with E-state index in [0.717, 1.165) is 21.7 Å². The number of rotatable bonds is 5. The number of fused-ring (bicyclic) bond motifs is 2. The number of imide groups is 1. The monoisotopic (exact) mass is 496 g/mol. The molecule has 0 aliphatic carbocycles. The molecular weight excluding hydrogens is 468 g/mol. The maximum Gasteiger partial charge on any atom is 0.326 e. The van der Waals surface area contributed by atoms with E-state index in [9.17, 15) is 19.2 Å². The predicted octanol–water partition coefficient (Wildman–Crippen LogP) is 4.35. The number of esters is 1. The summed E-state index contributed by atoms with van der Waals surface area (Å²) in [6.07, 6.45) is 0.662. The SMILES string of the molecule is CC1(C)C[C@](C)(c2ccccc2)c2ccccc2N1C(=O)COC(=O)CN1C(=O)c2ccccc2C1=O. The Bertz CT molecular complexity index is 1380. The van der Waals surface area contributed by atoms with Gasteiger partial charge in [-0.1, -0.05) is 67.6 Å². The Morgan fingerprint density at radius 3 is 2.03 bits per heavy atom. The molecule has 2 aliphatic heterocycles. The fourth-order valence-electron chi connectivity index (χ4n) is 5.80. The van der Waals surface area contributed by atoms with Gasteiger partial charge in [-0.2, -0.15) is 0 Å². The van der Waals surface area contributed by atoms with Gasteiger partial charge in [0.2, 0.25) is 0 Å². The highest BCUT2D eigenvalue weighted by molar-refractivity contribution is 6.22. The summed E-state index contributed by atoms with van der Waals surface area (Å²) in [5, 5.41) is 0. The van der Waals surface area contributed by atoms with Crippen LogP contribution >= 0.6 is 0 Å². The van der Waals surface area contributed by atoms with Crippen molar-refractivity contribution in [2.24, 2.45) is 0 Å². The number of ether oxygens (including phenoxy) is 1. The fraction of sp³-hybridized carbons (Fsp3) is 0.267. The molecule has 2 heterocycles. The van der Waals surface area contributed by atoms with Crippen LogP contribution in [0.4, 0.5) is 5.69 Å². The molecule has 2 aliphatic rings. The second-order valence-corrected chi connectivity index (χ2v) is 10.3. The molecule has 0 saturated heterocycles. The van der Waals surface area contributed by atoms with Crippen LogP contribution < -0.4 is 4.90 Å². The van der Waals surface area contributed by atoms with E-state index in [1.807, 2.05) is 56.3 Å². The molecule has 7 heteroatoms. The number of carbonyl (C=O) groups is 4. The molecule has 3 amide bonds. The lowest BCUT2D eigenvalue weighted by Gasteiger charge is -2.51. The highest BCUT2D eigenvalue weighted by Crippen LogP contribution is 2.50. The second kappa shape index (κ2) is 9.00. The van der Waals surface area contributed by atoms with Crippen molar-refractivity contribution in [3.05, 3.63) is 101 Å². The summed E-state index contributed by atoms with van der Waals surface area (Å²) in [4.78, 5) is 53.7. The van der Waals surface area contributed by atoms with Crippen LogP contribution in [0.2, 0.25) is 0 Å². The fourth-order valence-corrected chi connectivity index (χ4v) is 5.80. The standard InChI is InChI=1S/C30H28N2O5/c1-29(2)19-30(3,20-11-5-4-6-12-20)23-15-9-10-16-24(23)32(29)25(33)18-37-26(34)17-31-27(35)21-13-7-8-14-22(21)28(31)36/h4-16H,17-19H2,1-3H3/t30-/m1/s1. The molecule has 0 aromatic heterocycles. The van der Waals surface area contributed by atoms with Crippen molar-refractivity contribution < 1.29 is 23.9 Å². The van der Waals surface area contributed by atoms with Gasteiger partial charge in [-0.05, 0) is 49.6 Å². The minimum Gasteiger partial charge on any atom is -0.454 e. The molecule has 0 radical (unpaired) electrons. The van der Waals surface area contributed by atoms with E-state index in [2.05, 4.69) is 19.1 Å². The molecule has 0 saturated carbocycles. The Morgan fingerprint density at radius 1 is 0.811 bits per heavy atom. The van der Waals surface area contributed by atoms with Crippen molar-refractivity contribution in [1.29, 1.82) is 0 Å². The van der Waals surface area contributed by atoms with Crippen molar-refractivity contribution in [3.63, 3.8) is 0 Å². The first kappa shape index (κ1) is 24.4. The van der Waals surface area contributed by atoms with Gasteiger partial charge in [-0.3, -0.25) is 24.1 Å². The molecule has 188 valence electrons. The van der Waals surface area contributed by atoms with Gasteiger partial charge in [-0.25, -0.2) is 0 Å². The molecule has 37 heavy (non-hydrogen) atoms. The average Bonchev–Trinajstić information content (AvgIpc) is 3.12. The number of para-hydroxylation sites is 1. The minimum absolute atomic E-state index is 0.254. The van der Waals surface area contributed by atoms with E-state index in [1.165, 1.54) is 0 Å². The minimum atomic E-state index is -0.819. The number of carbonyl (C=O) groups excluding carboxylic acids is 4. The molecule has 0 bridgehead atoms. The molecule has 0 unspecified atom stereocenters. The Morgan fingerprint density at radius 2 is 1.38 bits per heavy atom. The third kappa shape index (κ3) is 4.10. The van der Waals surface area contributed by atoms with Gasteiger partial charge in [0.25, 0.3) is 17.7 Å². The summed E-state index contributed by atoms with van der Waals surface area (Å²) in [5.74, 6) is -2.28. The number of amides is 3. The molecular formula is C30H28N2O5. The van der Waals surface area contributed by atoms with Crippen LogP contribution in [0.15, 0.2) is 78.9 Å². The van der Waals surface area contributed by atoms with Crippen LogP contribution in [0.5, 0.6) is 0 Å². The lowest BCUT2D eigenvalue weighted by atomic mass is 9.65. The molecule has 1 atom stereocenters. The van der Waals surface area contributed by atoms with Crippen molar-refractivity contribution in [2.75, 3.05) is 18.1 Å². The zero-order valence-corrected chi connectivity index (χ0v) is 21.1. The zero-order chi connectivity index (χ0) is 26.4. The smallest absolute Gasteiger partial charge is 0.326 e. The third-order valence-electron chi connectivity index (χ3n) is 7.31. The Labute approximate surface area is 215 Å². The lowest BCUT2D eigenvalue weighted by Crippen LogP contribution is -2.56. The molecule has 3 aromatic carbocycles. The van der Waals surface area contributed by atoms with Gasteiger partial charge < -0.3 is 9.64 Å². The molecule has 0 N–H and O–H groups in total. The average molecular weight is 497 g/mol. The summed E-state index contributed by atoms with van der Waals surface area (Å²) >= 11 is 0. The third-order valence-corrected chi connectivity index (χ3v) is 7.31. The summed E-state index contributed by atoms with van der Waals surface area (Å²) in [6, 6.07) is 24.4. The van der Waals surface area contributed by atoms with E-state index in [1.54, 1.807) is 29.2 Å². The number of hydrogen-bond donors (Lipinski definition) is 0. The predicted molar refractivity (Wildman–Crippen MR) is 138 cm³/mol. The first-order chi connectivity index (χ1) is 17.6. The zero-order valence-electron chi connectivity index (χ0n) is 21.1. The Balaban J connectivity index is 1.33. The van der Waals surface area contributed by atoms with Crippen molar-refractivity contribution >= 4 is 29.4 Å². The van der Waals surface area contributed by atoms with Gasteiger partial charge in [0, 0.05) is 16.6 Å². The molecule has 0 spiro atoms. The Hall–Kier alpha value is -4.26. The summed E-state index contributed by atoms with van der Waals surface area (Å²) in [5.41, 5.74) is 2.56. The molecule has 3 aromatic rings. The van der Waals surface area contributed by atoms with Crippen LogP contribution in [0, 0.1) is 0 Å². The van der Waals surface area contributed by atoms with E-state index in [-0.39, 0.29) is 22.4 Å². The van der Waals surface area contributed by atoms with Crippen LogP contribution in [0.25, 0.3) is 0 Å². The van der Waals surface area contributed by atoms with E-state index in [0.29, 0.717) is 6.42 Å². The number of anilines is 1. The number of hydrogen-bond acceptors (Lipinski definition) is 5. The van der Waals surface area contributed by atoms with Gasteiger partial charge in [-0.15, -0.1) is 0 Å². The van der Waals surface area contributed by atoms with Crippen molar-refractivity contribution in [1.82, 2.24) is 4.90 Å². The topological polar surface area (TPSA) is 84.0 Å². The van der Waals surface area contributed by atoms with Gasteiger partial charge in [0.15, 0.2) is 6.61 Å². The van der Waals surface area contributed by atoms with Crippen LogP contribution in [-0.2, 0) is 19.7 Å². The van der Waals surface area contributed by atoms with Gasteiger partial charge in [0.1, 0.15) is 6.54 Å². The van der Waals surface area contributed by atoms with Gasteiger partial charge in [0.05, 0.1) is 11.1 Å². The van der Waals surface area contributed by atoms with Crippen molar-refractivity contribution in [2.45, 2.75) is 38.1 Å². The lowest BCUT2D eigenvalue weighted by molar-refractivity contribution is -0.148. The van der Waals surface area contributed by atoms with Crippen LogP contribution in [0.3, 0.4) is 0 Å². The maximum absolute atomic E-state index is 13.5. The number of benzene rings is 3. The molecule has 5 rings (SSSR count). The first-order valence-electron chi connectivity index (χ1n) is 12.2. The summed E-state index contributed by atoms with van der Waals surface area (Å²) in [6.45, 7) is 5.14. The molecule has 0 fully saturated rings. The Kier molecular flexibility index (Phi) is 5.94. The van der Waals surface area contributed by atoms with E-state index < -0.39 is 36.5 Å². The quantitative estimate of drug-likeness (QED) is 0.387. The van der Waals surface area contributed by atoms with Crippen LogP contribution in [0.1, 0.15) is 59.0 Å². The number of nitrogens with zero attached hydrogens (tertiary/aromatic N) is 2. The maximum atomic E-state index is 13.5. The summed E-state index contributed by atoms with van der Waals surface area (Å²) in [7, 11) is 0. The normalized spacial score (nSPS) is 19.9. The van der Waals surface area contributed by atoms with E-state index in [4.69, 9.17) is 4.74 Å². The summed E-state index contributed by atoms with van der Waals surface area (Å²) < 4.78 is 5.28.